The van der Waals surface area contributed by atoms with Crippen LogP contribution in [-0.4, -0.2) is 39.8 Å². The lowest BCUT2D eigenvalue weighted by atomic mass is 10.1. The van der Waals surface area contributed by atoms with Gasteiger partial charge in [-0.05, 0) is 56.6 Å². The van der Waals surface area contributed by atoms with Crippen LogP contribution in [0.25, 0.3) is 10.9 Å². The smallest absolute Gasteiger partial charge is 0.251 e. The number of hydrogen-bond acceptors (Lipinski definition) is 2. The first-order chi connectivity index (χ1) is 10.6. The molecule has 3 rings (SSSR count). The van der Waals surface area contributed by atoms with Gasteiger partial charge in [0.15, 0.2) is 0 Å². The molecule has 0 radical (unpaired) electrons. The highest BCUT2D eigenvalue weighted by Crippen LogP contribution is 2.28. The minimum Gasteiger partial charge on any atom is -0.351 e. The predicted octanol–water partition coefficient (Wildman–Crippen LogP) is 3.15. The second kappa shape index (κ2) is 6.58. The van der Waals surface area contributed by atoms with Gasteiger partial charge in [0.05, 0.1) is 28.4 Å². The average Bonchev–Trinajstić information content (AvgIpc) is 2.72. The van der Waals surface area contributed by atoms with E-state index in [1.54, 1.807) is 0 Å². The number of aromatic nitrogens is 1. The summed E-state index contributed by atoms with van der Waals surface area (Å²) in [5.74, 6) is 0.0288. The highest BCUT2D eigenvalue weighted by Gasteiger charge is 2.15. The standard InChI is InChI=1S/C17H22IN3O/c1-3-15-12(2)14-11-13(5-6-16(14)21(15)18)17(22)19-7-10-20-8-4-9-20/h5-6,11H,3-4,7-10H2,1-2H3,(H,19,22). The number of hydrogen-bond donors (Lipinski definition) is 1. The molecule has 118 valence electrons. The third-order valence-corrected chi connectivity index (χ3v) is 5.64. The van der Waals surface area contributed by atoms with Gasteiger partial charge < -0.3 is 10.2 Å². The van der Waals surface area contributed by atoms with Crippen molar-refractivity contribution in [1.29, 1.82) is 0 Å². The monoisotopic (exact) mass is 411 g/mol. The molecule has 1 aliphatic rings. The highest BCUT2D eigenvalue weighted by molar-refractivity contribution is 14.1. The van der Waals surface area contributed by atoms with Gasteiger partial charge in [0.25, 0.3) is 5.91 Å². The summed E-state index contributed by atoms with van der Waals surface area (Å²) in [7, 11) is 0. The van der Waals surface area contributed by atoms with Gasteiger partial charge >= 0.3 is 0 Å². The van der Waals surface area contributed by atoms with E-state index in [9.17, 15) is 4.79 Å². The molecule has 1 aromatic heterocycles. The Morgan fingerprint density at radius 2 is 2.14 bits per heavy atom. The number of halogens is 1. The van der Waals surface area contributed by atoms with E-state index in [-0.39, 0.29) is 5.91 Å². The molecule has 0 aliphatic carbocycles. The third-order valence-electron chi connectivity index (χ3n) is 4.54. The number of nitrogens with zero attached hydrogens (tertiary/aromatic N) is 2. The molecule has 0 spiro atoms. The van der Waals surface area contributed by atoms with E-state index >= 15 is 0 Å². The van der Waals surface area contributed by atoms with Gasteiger partial charge in [-0.1, -0.05) is 6.92 Å². The number of aryl methyl sites for hydroxylation is 1. The third kappa shape index (κ3) is 2.88. The highest BCUT2D eigenvalue weighted by atomic mass is 127. The second-order valence-electron chi connectivity index (χ2n) is 5.89. The van der Waals surface area contributed by atoms with Crippen LogP contribution in [0.3, 0.4) is 0 Å². The molecule has 2 aromatic rings. The number of carbonyl (C=O) groups is 1. The van der Waals surface area contributed by atoms with Crippen LogP contribution in [-0.2, 0) is 6.42 Å². The summed E-state index contributed by atoms with van der Waals surface area (Å²) < 4.78 is 2.20. The molecule has 1 amide bonds. The minimum absolute atomic E-state index is 0.0288. The van der Waals surface area contributed by atoms with Crippen molar-refractivity contribution < 1.29 is 4.79 Å². The lowest BCUT2D eigenvalue weighted by Gasteiger charge is -2.30. The van der Waals surface area contributed by atoms with Crippen LogP contribution in [0.2, 0.25) is 0 Å². The maximum Gasteiger partial charge on any atom is 0.251 e. The Labute approximate surface area is 145 Å². The van der Waals surface area contributed by atoms with Gasteiger partial charge in [-0.3, -0.25) is 7.58 Å². The molecule has 0 saturated carbocycles. The molecule has 1 fully saturated rings. The van der Waals surface area contributed by atoms with Crippen molar-refractivity contribution in [2.75, 3.05) is 26.2 Å². The molecule has 1 aliphatic heterocycles. The fourth-order valence-corrected chi connectivity index (χ4v) is 4.16. The van der Waals surface area contributed by atoms with Gasteiger partial charge in [0.2, 0.25) is 0 Å². The number of fused-ring (bicyclic) bond motifs is 1. The van der Waals surface area contributed by atoms with Crippen molar-refractivity contribution in [1.82, 2.24) is 13.0 Å². The summed E-state index contributed by atoms with van der Waals surface area (Å²) in [4.78, 5) is 14.7. The van der Waals surface area contributed by atoms with E-state index in [4.69, 9.17) is 0 Å². The normalized spacial score (nSPS) is 15.0. The van der Waals surface area contributed by atoms with Crippen LogP contribution in [0.15, 0.2) is 18.2 Å². The van der Waals surface area contributed by atoms with Crippen molar-refractivity contribution in [3.63, 3.8) is 0 Å². The molecule has 1 saturated heterocycles. The van der Waals surface area contributed by atoms with Crippen molar-refractivity contribution in [2.45, 2.75) is 26.7 Å². The molecule has 5 heteroatoms. The van der Waals surface area contributed by atoms with Crippen molar-refractivity contribution >= 4 is 39.7 Å². The van der Waals surface area contributed by atoms with Crippen molar-refractivity contribution in [3.8, 4) is 0 Å². The lowest BCUT2D eigenvalue weighted by Crippen LogP contribution is -2.42. The molecular formula is C17H22IN3O. The Balaban J connectivity index is 1.75. The number of amides is 1. The second-order valence-corrected chi connectivity index (χ2v) is 6.85. The van der Waals surface area contributed by atoms with Gasteiger partial charge in [-0.15, -0.1) is 0 Å². The molecule has 1 aromatic carbocycles. The van der Waals surface area contributed by atoms with Crippen LogP contribution in [0.1, 0.15) is 35.0 Å². The number of rotatable bonds is 5. The first-order valence-electron chi connectivity index (χ1n) is 7.92. The van der Waals surface area contributed by atoms with Crippen molar-refractivity contribution in [2.24, 2.45) is 0 Å². The Hall–Kier alpha value is -1.08. The molecule has 2 heterocycles. The van der Waals surface area contributed by atoms with Crippen molar-refractivity contribution in [3.05, 3.63) is 35.0 Å². The largest absolute Gasteiger partial charge is 0.351 e. The molecule has 0 unspecified atom stereocenters. The lowest BCUT2D eigenvalue weighted by molar-refractivity contribution is 0.0941. The maximum absolute atomic E-state index is 12.3. The average molecular weight is 411 g/mol. The molecule has 4 nitrogen and oxygen atoms in total. The van der Waals surface area contributed by atoms with E-state index in [0.717, 1.165) is 25.1 Å². The molecule has 0 bridgehead atoms. The van der Waals surface area contributed by atoms with Gasteiger partial charge in [0.1, 0.15) is 0 Å². The molecule has 1 N–H and O–H groups in total. The Bertz CT molecular complexity index is 703. The van der Waals surface area contributed by atoms with Crippen LogP contribution in [0.5, 0.6) is 0 Å². The van der Waals surface area contributed by atoms with E-state index in [2.05, 4.69) is 55.8 Å². The zero-order valence-electron chi connectivity index (χ0n) is 13.2. The topological polar surface area (TPSA) is 37.3 Å². The Kier molecular flexibility index (Phi) is 4.73. The summed E-state index contributed by atoms with van der Waals surface area (Å²) in [6.07, 6.45) is 2.29. The number of benzene rings is 1. The number of nitrogens with one attached hydrogen (secondary N) is 1. The van der Waals surface area contributed by atoms with E-state index in [1.165, 1.54) is 41.7 Å². The van der Waals surface area contributed by atoms with Crippen LogP contribution in [0, 0.1) is 6.92 Å². The summed E-state index contributed by atoms with van der Waals surface area (Å²) in [6.45, 7) is 8.33. The minimum atomic E-state index is 0.0288. The maximum atomic E-state index is 12.3. The first-order valence-corrected chi connectivity index (χ1v) is 8.89. The number of carbonyl (C=O) groups excluding carboxylic acids is 1. The Morgan fingerprint density at radius 1 is 1.36 bits per heavy atom. The quantitative estimate of drug-likeness (QED) is 0.768. The Morgan fingerprint density at radius 3 is 2.77 bits per heavy atom. The summed E-state index contributed by atoms with van der Waals surface area (Å²) in [5.41, 5.74) is 4.55. The summed E-state index contributed by atoms with van der Waals surface area (Å²) in [6, 6.07) is 6.01. The van der Waals surface area contributed by atoms with E-state index in [1.807, 2.05) is 12.1 Å². The zero-order valence-corrected chi connectivity index (χ0v) is 15.3. The number of likely N-dealkylation sites (tertiary alicyclic amines) is 1. The van der Waals surface area contributed by atoms with Crippen LogP contribution < -0.4 is 5.32 Å². The van der Waals surface area contributed by atoms with Gasteiger partial charge in [-0.2, -0.15) is 0 Å². The summed E-state index contributed by atoms with van der Waals surface area (Å²) in [5, 5.41) is 4.21. The fourth-order valence-electron chi connectivity index (χ4n) is 3.04. The molecule has 22 heavy (non-hydrogen) atoms. The molecule has 0 atom stereocenters. The van der Waals surface area contributed by atoms with Crippen LogP contribution >= 0.6 is 22.9 Å². The van der Waals surface area contributed by atoms with E-state index < -0.39 is 0 Å². The first kappa shape index (κ1) is 15.8. The zero-order chi connectivity index (χ0) is 15.7. The molecular weight excluding hydrogens is 389 g/mol. The van der Waals surface area contributed by atoms with E-state index in [0.29, 0.717) is 0 Å². The van der Waals surface area contributed by atoms with Crippen LogP contribution in [0.4, 0.5) is 0 Å². The summed E-state index contributed by atoms with van der Waals surface area (Å²) >= 11 is 2.34. The predicted molar refractivity (Wildman–Crippen MR) is 98.9 cm³/mol. The fraction of sp³-hybridized carbons (Fsp3) is 0.471. The van der Waals surface area contributed by atoms with Gasteiger partial charge in [-0.25, -0.2) is 0 Å². The van der Waals surface area contributed by atoms with Gasteiger partial charge in [0, 0.05) is 29.7 Å². The SMILES string of the molecule is CCc1c(C)c2cc(C(=O)NCCN3CCC3)ccc2n1I.